The zero-order valence-electron chi connectivity index (χ0n) is 18.1. The van der Waals surface area contributed by atoms with Crippen molar-refractivity contribution in [2.75, 3.05) is 38.7 Å². The van der Waals surface area contributed by atoms with Crippen LogP contribution in [0.15, 0.2) is 35.1 Å². The molecule has 1 N–H and O–H groups in total. The van der Waals surface area contributed by atoms with E-state index in [0.29, 0.717) is 19.7 Å². The summed E-state index contributed by atoms with van der Waals surface area (Å²) in [5.74, 6) is -0.152. The highest BCUT2D eigenvalue weighted by molar-refractivity contribution is 5.92. The van der Waals surface area contributed by atoms with Crippen molar-refractivity contribution in [1.82, 2.24) is 24.7 Å². The largest absolute Gasteiger partial charge is 0.384 e. The molecule has 1 aromatic heterocycles. The summed E-state index contributed by atoms with van der Waals surface area (Å²) in [4.78, 5) is 27.3. The van der Waals surface area contributed by atoms with Gasteiger partial charge in [0.25, 0.3) is 0 Å². The SMILES string of the molecule is CCn1nnn(CCN2CCC(COC)(C(C)C(=O)Nc3ccccc3)CC2)c1=O. The van der Waals surface area contributed by atoms with Crippen molar-refractivity contribution in [1.29, 1.82) is 0 Å². The number of benzene rings is 1. The Labute approximate surface area is 177 Å². The van der Waals surface area contributed by atoms with Crippen LogP contribution in [0.4, 0.5) is 5.69 Å². The number of amides is 1. The Morgan fingerprint density at radius 1 is 1.17 bits per heavy atom. The first-order valence-corrected chi connectivity index (χ1v) is 10.6. The molecule has 1 unspecified atom stereocenters. The fourth-order valence-corrected chi connectivity index (χ4v) is 4.14. The molecule has 0 saturated carbocycles. The lowest BCUT2D eigenvalue weighted by molar-refractivity contribution is -0.127. The number of nitrogens with one attached hydrogen (secondary N) is 1. The molecule has 164 valence electrons. The van der Waals surface area contributed by atoms with Crippen molar-refractivity contribution in [3.8, 4) is 0 Å². The molecule has 0 radical (unpaired) electrons. The van der Waals surface area contributed by atoms with Gasteiger partial charge in [-0.2, -0.15) is 9.36 Å². The maximum atomic E-state index is 12.9. The molecule has 1 aliphatic rings. The average Bonchev–Trinajstić information content (AvgIpc) is 3.13. The number of piperidine rings is 1. The van der Waals surface area contributed by atoms with Gasteiger partial charge in [0.05, 0.1) is 13.2 Å². The third kappa shape index (κ3) is 4.96. The van der Waals surface area contributed by atoms with Gasteiger partial charge in [0, 0.05) is 37.2 Å². The van der Waals surface area contributed by atoms with Crippen LogP contribution in [0.2, 0.25) is 0 Å². The number of aromatic nitrogens is 4. The molecule has 2 heterocycles. The molecule has 1 saturated heterocycles. The van der Waals surface area contributed by atoms with Crippen molar-refractivity contribution in [3.05, 3.63) is 40.8 Å². The molecule has 1 aliphatic heterocycles. The highest BCUT2D eigenvalue weighted by Gasteiger charge is 2.42. The third-order valence-electron chi connectivity index (χ3n) is 6.26. The molecule has 1 amide bonds. The Kier molecular flexibility index (Phi) is 7.38. The Morgan fingerprint density at radius 2 is 1.83 bits per heavy atom. The van der Waals surface area contributed by atoms with Crippen LogP contribution in [0, 0.1) is 11.3 Å². The number of aryl methyl sites for hydroxylation is 1. The minimum absolute atomic E-state index is 0.0226. The highest BCUT2D eigenvalue weighted by atomic mass is 16.5. The molecule has 3 rings (SSSR count). The number of tetrazole rings is 1. The van der Waals surface area contributed by atoms with Gasteiger partial charge in [0.2, 0.25) is 5.91 Å². The number of methoxy groups -OCH3 is 1. The van der Waals surface area contributed by atoms with Crippen molar-refractivity contribution in [2.24, 2.45) is 11.3 Å². The normalized spacial score (nSPS) is 17.6. The van der Waals surface area contributed by atoms with Crippen LogP contribution in [0.25, 0.3) is 0 Å². The lowest BCUT2D eigenvalue weighted by atomic mass is 9.69. The van der Waals surface area contributed by atoms with Gasteiger partial charge in [0.15, 0.2) is 0 Å². The molecule has 9 nitrogen and oxygen atoms in total. The summed E-state index contributed by atoms with van der Waals surface area (Å²) in [7, 11) is 1.69. The monoisotopic (exact) mass is 416 g/mol. The quantitative estimate of drug-likeness (QED) is 0.665. The summed E-state index contributed by atoms with van der Waals surface area (Å²) < 4.78 is 8.30. The van der Waals surface area contributed by atoms with E-state index in [1.54, 1.807) is 7.11 Å². The Bertz CT molecular complexity index is 870. The summed E-state index contributed by atoms with van der Waals surface area (Å²) in [6.07, 6.45) is 1.72. The lowest BCUT2D eigenvalue weighted by Crippen LogP contribution is -2.49. The van der Waals surface area contributed by atoms with Crippen LogP contribution in [0.1, 0.15) is 26.7 Å². The van der Waals surface area contributed by atoms with Crippen LogP contribution in [0.5, 0.6) is 0 Å². The van der Waals surface area contributed by atoms with E-state index >= 15 is 0 Å². The standard InChI is InChI=1S/C21H32N6O3/c1-4-26-20(29)27(24-23-26)15-14-25-12-10-21(11-13-25,16-30-3)17(2)19(28)22-18-8-6-5-7-9-18/h5-9,17H,4,10-16H2,1-3H3,(H,22,28). The smallest absolute Gasteiger partial charge is 0.363 e. The number of para-hydroxylation sites is 1. The van der Waals surface area contributed by atoms with E-state index < -0.39 is 0 Å². The minimum Gasteiger partial charge on any atom is -0.384 e. The second kappa shape index (κ2) is 9.99. The van der Waals surface area contributed by atoms with Crippen molar-refractivity contribution < 1.29 is 9.53 Å². The third-order valence-corrected chi connectivity index (χ3v) is 6.26. The van der Waals surface area contributed by atoms with E-state index in [2.05, 4.69) is 20.6 Å². The summed E-state index contributed by atoms with van der Waals surface area (Å²) in [5, 5.41) is 10.8. The van der Waals surface area contributed by atoms with Crippen LogP contribution in [0.3, 0.4) is 0 Å². The van der Waals surface area contributed by atoms with Gasteiger partial charge in [0.1, 0.15) is 0 Å². The number of likely N-dealkylation sites (tertiary alicyclic amines) is 1. The molecule has 1 atom stereocenters. The molecule has 0 spiro atoms. The second-order valence-corrected chi connectivity index (χ2v) is 8.01. The molecule has 1 fully saturated rings. The maximum Gasteiger partial charge on any atom is 0.363 e. The van der Waals surface area contributed by atoms with Crippen LogP contribution < -0.4 is 11.0 Å². The van der Waals surface area contributed by atoms with E-state index in [1.807, 2.05) is 44.2 Å². The number of hydrogen-bond donors (Lipinski definition) is 1. The first-order chi connectivity index (χ1) is 14.5. The van der Waals surface area contributed by atoms with Gasteiger partial charge in [-0.25, -0.2) is 4.79 Å². The zero-order valence-corrected chi connectivity index (χ0v) is 18.1. The number of rotatable bonds is 9. The number of anilines is 1. The fraction of sp³-hybridized carbons (Fsp3) is 0.619. The van der Waals surface area contributed by atoms with Crippen LogP contribution in [-0.2, 0) is 22.6 Å². The minimum atomic E-state index is -0.202. The number of carbonyl (C=O) groups is 1. The van der Waals surface area contributed by atoms with Gasteiger partial charge in [-0.1, -0.05) is 25.1 Å². The maximum absolute atomic E-state index is 12.9. The number of ether oxygens (including phenoxy) is 1. The van der Waals surface area contributed by atoms with Gasteiger partial charge in [-0.15, -0.1) is 0 Å². The molecule has 0 aliphatic carbocycles. The predicted molar refractivity (Wildman–Crippen MR) is 114 cm³/mol. The van der Waals surface area contributed by atoms with E-state index in [-0.39, 0.29) is 22.9 Å². The zero-order chi connectivity index (χ0) is 21.6. The molecule has 2 aromatic rings. The highest BCUT2D eigenvalue weighted by Crippen LogP contribution is 2.39. The summed E-state index contributed by atoms with van der Waals surface area (Å²) in [5.41, 5.74) is 0.436. The van der Waals surface area contributed by atoms with Crippen molar-refractivity contribution >= 4 is 11.6 Å². The summed E-state index contributed by atoms with van der Waals surface area (Å²) in [6, 6.07) is 9.54. The van der Waals surface area contributed by atoms with E-state index in [0.717, 1.165) is 38.2 Å². The Morgan fingerprint density at radius 3 is 2.43 bits per heavy atom. The second-order valence-electron chi connectivity index (χ2n) is 8.01. The molecule has 9 heteroatoms. The van der Waals surface area contributed by atoms with Gasteiger partial charge in [-0.05, 0) is 55.4 Å². The van der Waals surface area contributed by atoms with Gasteiger partial charge >= 0.3 is 5.69 Å². The van der Waals surface area contributed by atoms with E-state index in [4.69, 9.17) is 4.74 Å². The predicted octanol–water partition coefficient (Wildman–Crippen LogP) is 1.46. The topological polar surface area (TPSA) is 94.3 Å². The van der Waals surface area contributed by atoms with Gasteiger partial charge < -0.3 is 15.0 Å². The summed E-state index contributed by atoms with van der Waals surface area (Å²) in [6.45, 7) is 7.88. The average molecular weight is 417 g/mol. The van der Waals surface area contributed by atoms with Crippen LogP contribution in [-0.4, -0.2) is 63.9 Å². The number of carbonyl (C=O) groups excluding carboxylic acids is 1. The molecular formula is C21H32N6O3. The first-order valence-electron chi connectivity index (χ1n) is 10.6. The number of nitrogens with zero attached hydrogens (tertiary/aromatic N) is 5. The Hall–Kier alpha value is -2.52. The summed E-state index contributed by atoms with van der Waals surface area (Å²) >= 11 is 0. The lowest BCUT2D eigenvalue weighted by Gasteiger charge is -2.44. The van der Waals surface area contributed by atoms with Crippen LogP contribution >= 0.6 is 0 Å². The molecule has 0 bridgehead atoms. The Balaban J connectivity index is 1.58. The van der Waals surface area contributed by atoms with Crippen molar-refractivity contribution in [3.63, 3.8) is 0 Å². The van der Waals surface area contributed by atoms with Crippen molar-refractivity contribution in [2.45, 2.75) is 39.8 Å². The molecule has 30 heavy (non-hydrogen) atoms. The first kappa shape index (κ1) is 22.2. The van der Waals surface area contributed by atoms with Gasteiger partial charge in [-0.3, -0.25) is 4.79 Å². The number of hydrogen-bond acceptors (Lipinski definition) is 6. The molecule has 1 aromatic carbocycles. The fourth-order valence-electron chi connectivity index (χ4n) is 4.14. The molecular weight excluding hydrogens is 384 g/mol. The van der Waals surface area contributed by atoms with E-state index in [9.17, 15) is 9.59 Å². The van der Waals surface area contributed by atoms with E-state index in [1.165, 1.54) is 9.36 Å².